The van der Waals surface area contributed by atoms with Crippen molar-refractivity contribution in [2.45, 2.75) is 6.54 Å². The number of rotatable bonds is 5. The van der Waals surface area contributed by atoms with Crippen LogP contribution < -0.4 is 10.6 Å². The number of halogens is 1. The summed E-state index contributed by atoms with van der Waals surface area (Å²) >= 11 is 1.26. The van der Waals surface area contributed by atoms with Crippen molar-refractivity contribution in [3.8, 4) is 0 Å². The molecular formula is C15H12FN5OS. The van der Waals surface area contributed by atoms with Gasteiger partial charge in [0.25, 0.3) is 5.91 Å². The minimum atomic E-state index is -0.369. The Hall–Kier alpha value is -2.87. The van der Waals surface area contributed by atoms with Crippen molar-refractivity contribution in [1.82, 2.24) is 20.3 Å². The Morgan fingerprint density at radius 2 is 1.96 bits per heavy atom. The minimum absolute atomic E-state index is 0.105. The molecule has 3 aromatic rings. The molecule has 3 rings (SSSR count). The van der Waals surface area contributed by atoms with E-state index in [9.17, 15) is 9.18 Å². The molecule has 1 amide bonds. The van der Waals surface area contributed by atoms with E-state index >= 15 is 0 Å². The second-order valence-corrected chi connectivity index (χ2v) is 5.37. The zero-order valence-electron chi connectivity index (χ0n) is 11.9. The maximum absolute atomic E-state index is 13.5. The van der Waals surface area contributed by atoms with Crippen LogP contribution in [0.1, 0.15) is 16.1 Å². The molecule has 0 aliphatic rings. The lowest BCUT2D eigenvalue weighted by atomic mass is 10.2. The Morgan fingerprint density at radius 3 is 2.74 bits per heavy atom. The third kappa shape index (κ3) is 3.86. The average Bonchev–Trinajstić information content (AvgIpc) is 3.03. The van der Waals surface area contributed by atoms with Crippen molar-refractivity contribution in [2.75, 3.05) is 5.32 Å². The number of carbonyl (C=O) groups is 1. The highest BCUT2D eigenvalue weighted by Gasteiger charge is 2.12. The van der Waals surface area contributed by atoms with Crippen molar-refractivity contribution in [3.05, 3.63) is 65.2 Å². The van der Waals surface area contributed by atoms with Crippen LogP contribution in [0.4, 0.5) is 15.5 Å². The van der Waals surface area contributed by atoms with Crippen molar-refractivity contribution in [1.29, 1.82) is 0 Å². The largest absolute Gasteiger partial charge is 0.346 e. The topological polar surface area (TPSA) is 79.8 Å². The summed E-state index contributed by atoms with van der Waals surface area (Å²) in [5.41, 5.74) is 0.678. The SMILES string of the molecule is O=C(NCc1ccccc1F)c1csc(Nc2ncccn2)n1. The smallest absolute Gasteiger partial charge is 0.271 e. The molecule has 2 N–H and O–H groups in total. The van der Waals surface area contributed by atoms with Gasteiger partial charge >= 0.3 is 0 Å². The summed E-state index contributed by atoms with van der Waals surface area (Å²) in [6, 6.07) is 8.00. The number of thiazole rings is 1. The Kier molecular flexibility index (Phi) is 4.53. The molecule has 0 aliphatic carbocycles. The number of nitrogens with zero attached hydrogens (tertiary/aromatic N) is 3. The molecule has 8 heteroatoms. The maximum Gasteiger partial charge on any atom is 0.271 e. The van der Waals surface area contributed by atoms with Gasteiger partial charge in [-0.25, -0.2) is 19.3 Å². The molecule has 1 aromatic carbocycles. The Labute approximate surface area is 135 Å². The number of hydrogen-bond acceptors (Lipinski definition) is 6. The highest BCUT2D eigenvalue weighted by atomic mass is 32.1. The van der Waals surface area contributed by atoms with Crippen LogP contribution in [0.5, 0.6) is 0 Å². The Morgan fingerprint density at radius 1 is 1.17 bits per heavy atom. The summed E-state index contributed by atoms with van der Waals surface area (Å²) in [7, 11) is 0. The van der Waals surface area contributed by atoms with Gasteiger partial charge in [0.2, 0.25) is 5.95 Å². The van der Waals surface area contributed by atoms with Gasteiger partial charge in [-0.1, -0.05) is 18.2 Å². The van der Waals surface area contributed by atoms with Gasteiger partial charge in [0, 0.05) is 29.9 Å². The van der Waals surface area contributed by atoms with Gasteiger partial charge in [-0.3, -0.25) is 4.79 Å². The molecule has 0 spiro atoms. The molecule has 0 unspecified atom stereocenters. The number of nitrogens with one attached hydrogen (secondary N) is 2. The Balaban J connectivity index is 1.61. The lowest BCUT2D eigenvalue weighted by molar-refractivity contribution is 0.0946. The highest BCUT2D eigenvalue weighted by molar-refractivity contribution is 7.14. The van der Waals surface area contributed by atoms with Crippen LogP contribution in [0.15, 0.2) is 48.1 Å². The molecule has 6 nitrogen and oxygen atoms in total. The summed E-state index contributed by atoms with van der Waals surface area (Å²) in [5, 5.41) is 7.67. The number of amides is 1. The van der Waals surface area contributed by atoms with Crippen LogP contribution in [0, 0.1) is 5.82 Å². The number of carbonyl (C=O) groups excluding carboxylic acids is 1. The quantitative estimate of drug-likeness (QED) is 0.752. The maximum atomic E-state index is 13.5. The lowest BCUT2D eigenvalue weighted by Crippen LogP contribution is -2.23. The molecule has 0 fully saturated rings. The molecule has 0 aliphatic heterocycles. The first kappa shape index (κ1) is 15.0. The van der Waals surface area contributed by atoms with Gasteiger partial charge in [-0.05, 0) is 12.1 Å². The Bertz CT molecular complexity index is 808. The van der Waals surface area contributed by atoms with Crippen LogP contribution >= 0.6 is 11.3 Å². The van der Waals surface area contributed by atoms with E-state index in [1.54, 1.807) is 42.0 Å². The summed E-state index contributed by atoms with van der Waals surface area (Å²) in [5.74, 6) is -0.318. The molecule has 0 saturated carbocycles. The second-order valence-electron chi connectivity index (χ2n) is 4.51. The summed E-state index contributed by atoms with van der Waals surface area (Å²) in [6.07, 6.45) is 3.20. The van der Waals surface area contributed by atoms with E-state index in [-0.39, 0.29) is 24.0 Å². The van der Waals surface area contributed by atoms with Gasteiger partial charge in [0.15, 0.2) is 5.13 Å². The van der Waals surface area contributed by atoms with Crippen molar-refractivity contribution in [3.63, 3.8) is 0 Å². The van der Waals surface area contributed by atoms with Crippen molar-refractivity contribution >= 4 is 28.3 Å². The molecular weight excluding hydrogens is 317 g/mol. The molecule has 0 radical (unpaired) electrons. The zero-order chi connectivity index (χ0) is 16.1. The van der Waals surface area contributed by atoms with Crippen molar-refractivity contribution < 1.29 is 9.18 Å². The standard InChI is InChI=1S/C15H12FN5OS/c16-11-5-2-1-4-10(11)8-19-13(22)12-9-23-15(20-12)21-14-17-6-3-7-18-14/h1-7,9H,8H2,(H,19,22)(H,17,18,20,21). The fourth-order valence-corrected chi connectivity index (χ4v) is 2.49. The van der Waals surface area contributed by atoms with E-state index in [1.807, 2.05) is 0 Å². The second kappa shape index (κ2) is 6.93. The molecule has 0 bridgehead atoms. The molecule has 0 atom stereocenters. The van der Waals surface area contributed by atoms with Gasteiger partial charge in [-0.15, -0.1) is 11.3 Å². The number of benzene rings is 1. The lowest BCUT2D eigenvalue weighted by Gasteiger charge is -2.04. The fraction of sp³-hybridized carbons (Fsp3) is 0.0667. The summed E-state index contributed by atoms with van der Waals surface area (Å²) in [6.45, 7) is 0.105. The van der Waals surface area contributed by atoms with E-state index in [2.05, 4.69) is 25.6 Å². The molecule has 23 heavy (non-hydrogen) atoms. The van der Waals surface area contributed by atoms with E-state index in [4.69, 9.17) is 0 Å². The monoisotopic (exact) mass is 329 g/mol. The van der Waals surface area contributed by atoms with Crippen LogP contribution in [-0.4, -0.2) is 20.9 Å². The fourth-order valence-electron chi connectivity index (χ4n) is 1.80. The average molecular weight is 329 g/mol. The normalized spacial score (nSPS) is 10.3. The number of hydrogen-bond donors (Lipinski definition) is 2. The zero-order valence-corrected chi connectivity index (χ0v) is 12.7. The minimum Gasteiger partial charge on any atom is -0.346 e. The number of anilines is 2. The van der Waals surface area contributed by atoms with E-state index in [0.717, 1.165) is 0 Å². The summed E-state index contributed by atoms with van der Waals surface area (Å²) < 4.78 is 13.5. The highest BCUT2D eigenvalue weighted by Crippen LogP contribution is 2.18. The van der Waals surface area contributed by atoms with E-state index in [1.165, 1.54) is 17.4 Å². The van der Waals surface area contributed by atoms with Gasteiger partial charge in [-0.2, -0.15) is 0 Å². The molecule has 116 valence electrons. The predicted molar refractivity (Wildman–Crippen MR) is 85.0 cm³/mol. The van der Waals surface area contributed by atoms with Gasteiger partial charge in [0.05, 0.1) is 0 Å². The number of aromatic nitrogens is 3. The van der Waals surface area contributed by atoms with Crippen LogP contribution in [0.2, 0.25) is 0 Å². The third-order valence-corrected chi connectivity index (χ3v) is 3.68. The first-order valence-corrected chi connectivity index (χ1v) is 7.61. The summed E-state index contributed by atoms with van der Waals surface area (Å²) in [4.78, 5) is 24.2. The van der Waals surface area contributed by atoms with Crippen molar-refractivity contribution in [2.24, 2.45) is 0 Å². The van der Waals surface area contributed by atoms with E-state index in [0.29, 0.717) is 16.6 Å². The molecule has 2 aromatic heterocycles. The van der Waals surface area contributed by atoms with Gasteiger partial charge in [0.1, 0.15) is 11.5 Å². The van der Waals surface area contributed by atoms with Crippen LogP contribution in [0.3, 0.4) is 0 Å². The molecule has 2 heterocycles. The predicted octanol–water partition coefficient (Wildman–Crippen LogP) is 2.75. The molecule has 0 saturated heterocycles. The van der Waals surface area contributed by atoms with Gasteiger partial charge < -0.3 is 10.6 Å². The third-order valence-electron chi connectivity index (χ3n) is 2.92. The first-order valence-electron chi connectivity index (χ1n) is 6.73. The first-order chi connectivity index (χ1) is 11.2. The van der Waals surface area contributed by atoms with Crippen LogP contribution in [0.25, 0.3) is 0 Å². The van der Waals surface area contributed by atoms with Crippen LogP contribution in [-0.2, 0) is 6.54 Å². The van der Waals surface area contributed by atoms with E-state index < -0.39 is 0 Å².